The van der Waals surface area contributed by atoms with Gasteiger partial charge in [-0.1, -0.05) is 12.1 Å². The topological polar surface area (TPSA) is 63.7 Å². The van der Waals surface area contributed by atoms with E-state index in [1.165, 1.54) is 24.5 Å². The predicted octanol–water partition coefficient (Wildman–Crippen LogP) is 2.98. The number of anilines is 1. The number of carbonyl (C=O) groups excluding carboxylic acids is 1. The number of hydrogen-bond donors (Lipinski definition) is 0. The summed E-state index contributed by atoms with van der Waals surface area (Å²) in [5.41, 5.74) is 2.38. The van der Waals surface area contributed by atoms with Gasteiger partial charge in [-0.05, 0) is 42.5 Å². The van der Waals surface area contributed by atoms with E-state index in [9.17, 15) is 13.2 Å². The molecule has 0 spiro atoms. The number of ether oxygens (including phenoxy) is 1. The van der Waals surface area contributed by atoms with Crippen LogP contribution in [0.2, 0.25) is 0 Å². The molecule has 0 saturated carbocycles. The fourth-order valence-corrected chi connectivity index (χ4v) is 4.64. The van der Waals surface area contributed by atoms with Crippen LogP contribution in [0.25, 0.3) is 0 Å². The molecule has 0 aliphatic heterocycles. The number of carbonyl (C=O) groups is 1. The van der Waals surface area contributed by atoms with Gasteiger partial charge in [0, 0.05) is 7.05 Å². The van der Waals surface area contributed by atoms with Crippen molar-refractivity contribution >= 4 is 33.0 Å². The molecule has 1 aromatic carbocycles. The number of benzene rings is 1. The minimum Gasteiger partial charge on any atom is -0.465 e. The Kier molecular flexibility index (Phi) is 4.58. The Hall–Kier alpha value is -1.86. The van der Waals surface area contributed by atoms with Crippen molar-refractivity contribution in [1.82, 2.24) is 0 Å². The van der Waals surface area contributed by atoms with Crippen molar-refractivity contribution in [2.45, 2.75) is 18.7 Å². The molecule has 0 fully saturated rings. The number of rotatable bonds is 4. The van der Waals surface area contributed by atoms with Crippen molar-refractivity contribution in [3.8, 4) is 0 Å². The molecule has 0 atom stereocenters. The summed E-state index contributed by atoms with van der Waals surface area (Å²) in [5, 5.41) is 1.57. The van der Waals surface area contributed by atoms with Crippen molar-refractivity contribution in [1.29, 1.82) is 0 Å². The summed E-state index contributed by atoms with van der Waals surface area (Å²) in [6, 6.07) is 7.01. The molecule has 0 radical (unpaired) electrons. The Morgan fingerprint density at radius 1 is 1.23 bits per heavy atom. The van der Waals surface area contributed by atoms with Gasteiger partial charge in [-0.15, -0.1) is 11.3 Å². The van der Waals surface area contributed by atoms with Crippen LogP contribution in [0.1, 0.15) is 20.8 Å². The highest BCUT2D eigenvalue weighted by atomic mass is 32.2. The van der Waals surface area contributed by atoms with Crippen molar-refractivity contribution in [3.63, 3.8) is 0 Å². The average Bonchev–Trinajstić information content (AvgIpc) is 2.98. The minimum absolute atomic E-state index is 0.0345. The summed E-state index contributed by atoms with van der Waals surface area (Å²) in [6.45, 7) is 3.74. The molecule has 2 aromatic rings. The number of methoxy groups -OCH3 is 1. The zero-order chi connectivity index (χ0) is 16.5. The lowest BCUT2D eigenvalue weighted by Crippen LogP contribution is -2.28. The van der Waals surface area contributed by atoms with Gasteiger partial charge in [0.2, 0.25) is 0 Å². The first-order valence-electron chi connectivity index (χ1n) is 6.51. The van der Waals surface area contributed by atoms with Crippen molar-refractivity contribution in [2.24, 2.45) is 0 Å². The number of thiophene rings is 1. The zero-order valence-electron chi connectivity index (χ0n) is 12.8. The normalized spacial score (nSPS) is 11.3. The Morgan fingerprint density at radius 3 is 2.55 bits per heavy atom. The second kappa shape index (κ2) is 6.10. The van der Waals surface area contributed by atoms with Crippen molar-refractivity contribution < 1.29 is 17.9 Å². The molecule has 2 rings (SSSR count). The van der Waals surface area contributed by atoms with E-state index in [0.29, 0.717) is 5.69 Å². The summed E-state index contributed by atoms with van der Waals surface area (Å²) in [4.78, 5) is 11.8. The molecule has 1 heterocycles. The highest BCUT2D eigenvalue weighted by Gasteiger charge is 2.29. The zero-order valence-corrected chi connectivity index (χ0v) is 14.4. The maximum absolute atomic E-state index is 12.8. The van der Waals surface area contributed by atoms with E-state index in [4.69, 9.17) is 0 Å². The van der Waals surface area contributed by atoms with Gasteiger partial charge < -0.3 is 4.74 Å². The minimum atomic E-state index is -3.83. The number of sulfonamides is 1. The monoisotopic (exact) mass is 339 g/mol. The van der Waals surface area contributed by atoms with E-state index in [1.807, 2.05) is 26.0 Å². The van der Waals surface area contributed by atoms with Gasteiger partial charge >= 0.3 is 5.97 Å². The van der Waals surface area contributed by atoms with E-state index in [1.54, 1.807) is 11.4 Å². The lowest BCUT2D eigenvalue weighted by atomic mass is 10.1. The molecule has 7 heteroatoms. The van der Waals surface area contributed by atoms with Crippen LogP contribution in [0.5, 0.6) is 0 Å². The Labute approximate surface area is 134 Å². The summed E-state index contributed by atoms with van der Waals surface area (Å²) in [6.07, 6.45) is 0. The second-order valence-electron chi connectivity index (χ2n) is 4.87. The van der Waals surface area contributed by atoms with Gasteiger partial charge in [0.05, 0.1) is 12.8 Å². The molecule has 0 N–H and O–H groups in total. The molecule has 0 saturated heterocycles. The summed E-state index contributed by atoms with van der Waals surface area (Å²) < 4.78 is 31.5. The first-order chi connectivity index (χ1) is 10.3. The Balaban J connectivity index is 2.53. The number of esters is 1. The van der Waals surface area contributed by atoms with E-state index >= 15 is 0 Å². The molecule has 22 heavy (non-hydrogen) atoms. The predicted molar refractivity (Wildman–Crippen MR) is 87.2 cm³/mol. The van der Waals surface area contributed by atoms with Gasteiger partial charge in [-0.3, -0.25) is 4.31 Å². The lowest BCUT2D eigenvalue weighted by Gasteiger charge is -2.21. The van der Waals surface area contributed by atoms with Crippen LogP contribution in [0, 0.1) is 13.8 Å². The molecule has 118 valence electrons. The third-order valence-electron chi connectivity index (χ3n) is 3.34. The first-order valence-corrected chi connectivity index (χ1v) is 8.83. The van der Waals surface area contributed by atoms with Crippen LogP contribution in [-0.2, 0) is 14.8 Å². The molecule has 1 aromatic heterocycles. The molecule has 0 aliphatic rings. The van der Waals surface area contributed by atoms with Gasteiger partial charge in [0.15, 0.2) is 0 Å². The van der Waals surface area contributed by atoms with Crippen LogP contribution in [0.3, 0.4) is 0 Å². The van der Waals surface area contributed by atoms with E-state index in [-0.39, 0.29) is 9.77 Å². The number of aryl methyl sites for hydroxylation is 2. The fourth-order valence-electron chi connectivity index (χ4n) is 2.08. The highest BCUT2D eigenvalue weighted by Crippen LogP contribution is 2.30. The first kappa shape index (κ1) is 16.5. The lowest BCUT2D eigenvalue weighted by molar-refractivity contribution is 0.0602. The molecule has 0 aliphatic carbocycles. The van der Waals surface area contributed by atoms with Crippen LogP contribution < -0.4 is 4.31 Å². The molecule has 0 amide bonds. The smallest absolute Gasteiger partial charge is 0.349 e. The third kappa shape index (κ3) is 2.86. The van der Waals surface area contributed by atoms with E-state index < -0.39 is 16.0 Å². The van der Waals surface area contributed by atoms with Crippen LogP contribution in [-0.4, -0.2) is 28.5 Å². The average molecular weight is 339 g/mol. The molecular formula is C15H17NO4S2. The number of hydrogen-bond acceptors (Lipinski definition) is 5. The van der Waals surface area contributed by atoms with Crippen molar-refractivity contribution in [3.05, 3.63) is 45.6 Å². The Morgan fingerprint density at radius 2 is 1.91 bits per heavy atom. The van der Waals surface area contributed by atoms with Gasteiger partial charge in [-0.25, -0.2) is 13.2 Å². The maximum atomic E-state index is 12.8. The molecule has 5 nitrogen and oxygen atoms in total. The third-order valence-corrected chi connectivity index (χ3v) is 6.18. The van der Waals surface area contributed by atoms with Gasteiger partial charge in [0.25, 0.3) is 10.0 Å². The Bertz CT molecular complexity index is 809. The summed E-state index contributed by atoms with van der Waals surface area (Å²) in [5.74, 6) is -0.650. The standard InChI is InChI=1S/C15H17NO4S2/c1-10-5-6-11(2)12(9-10)16(3)22(18,19)13-7-8-21-14(13)15(17)20-4/h5-9H,1-4H3. The van der Waals surface area contributed by atoms with Crippen LogP contribution >= 0.6 is 11.3 Å². The molecule has 0 bridgehead atoms. The van der Waals surface area contributed by atoms with Gasteiger partial charge in [0.1, 0.15) is 9.77 Å². The number of nitrogens with zero attached hydrogens (tertiary/aromatic N) is 1. The maximum Gasteiger partial charge on any atom is 0.349 e. The summed E-state index contributed by atoms with van der Waals surface area (Å²) >= 11 is 1.05. The van der Waals surface area contributed by atoms with Crippen molar-refractivity contribution in [2.75, 3.05) is 18.5 Å². The summed E-state index contributed by atoms with van der Waals surface area (Å²) in [7, 11) is -1.12. The largest absolute Gasteiger partial charge is 0.465 e. The fraction of sp³-hybridized carbons (Fsp3) is 0.267. The highest BCUT2D eigenvalue weighted by molar-refractivity contribution is 7.93. The quantitative estimate of drug-likeness (QED) is 0.803. The van der Waals surface area contributed by atoms with Gasteiger partial charge in [-0.2, -0.15) is 0 Å². The second-order valence-corrected chi connectivity index (χ2v) is 7.72. The molecular weight excluding hydrogens is 322 g/mol. The van der Waals surface area contributed by atoms with E-state index in [2.05, 4.69) is 4.74 Å². The van der Waals surface area contributed by atoms with E-state index in [0.717, 1.165) is 22.5 Å². The van der Waals surface area contributed by atoms with Crippen LogP contribution in [0.15, 0.2) is 34.5 Å². The van der Waals surface area contributed by atoms with Crippen LogP contribution in [0.4, 0.5) is 5.69 Å². The molecule has 0 unspecified atom stereocenters. The SMILES string of the molecule is COC(=O)c1sccc1S(=O)(=O)N(C)c1cc(C)ccc1C.